The Kier molecular flexibility index (Phi) is 4.70. The summed E-state index contributed by atoms with van der Waals surface area (Å²) in [6.07, 6.45) is 0. The molecule has 0 unspecified atom stereocenters. The SMILES string of the molecule is C[C@H](NS(=O)(=O)c1ccccc1)c1ccc(Cl)cc1Cl. The summed E-state index contributed by atoms with van der Waals surface area (Å²) in [6.45, 7) is 1.73. The van der Waals surface area contributed by atoms with Gasteiger partial charge in [-0.25, -0.2) is 13.1 Å². The van der Waals surface area contributed by atoms with Crippen LogP contribution in [-0.2, 0) is 10.0 Å². The van der Waals surface area contributed by atoms with Crippen LogP contribution in [0.2, 0.25) is 10.0 Å². The van der Waals surface area contributed by atoms with Gasteiger partial charge >= 0.3 is 0 Å². The van der Waals surface area contributed by atoms with Crippen molar-refractivity contribution in [2.45, 2.75) is 17.9 Å². The van der Waals surface area contributed by atoms with Gasteiger partial charge in [-0.3, -0.25) is 0 Å². The first kappa shape index (κ1) is 15.3. The van der Waals surface area contributed by atoms with Gasteiger partial charge in [-0.05, 0) is 36.8 Å². The topological polar surface area (TPSA) is 46.2 Å². The maximum absolute atomic E-state index is 12.2. The summed E-state index contributed by atoms with van der Waals surface area (Å²) in [4.78, 5) is 0.219. The highest BCUT2D eigenvalue weighted by molar-refractivity contribution is 7.89. The van der Waals surface area contributed by atoms with Crippen molar-refractivity contribution >= 4 is 33.2 Å². The maximum Gasteiger partial charge on any atom is 0.241 e. The van der Waals surface area contributed by atoms with E-state index in [9.17, 15) is 8.42 Å². The van der Waals surface area contributed by atoms with Crippen molar-refractivity contribution in [3.05, 3.63) is 64.1 Å². The van der Waals surface area contributed by atoms with E-state index in [2.05, 4.69) is 4.72 Å². The summed E-state index contributed by atoms with van der Waals surface area (Å²) in [5, 5.41) is 0.942. The molecule has 0 aromatic heterocycles. The predicted molar refractivity (Wildman–Crippen MR) is 81.6 cm³/mol. The van der Waals surface area contributed by atoms with Crippen molar-refractivity contribution in [1.82, 2.24) is 4.72 Å². The largest absolute Gasteiger partial charge is 0.241 e. The molecule has 0 aliphatic carbocycles. The Morgan fingerprint density at radius 1 is 1.05 bits per heavy atom. The Bertz CT molecular complexity index is 702. The lowest BCUT2D eigenvalue weighted by molar-refractivity contribution is 0.567. The molecule has 0 aliphatic rings. The number of sulfonamides is 1. The molecule has 0 spiro atoms. The molecule has 0 bridgehead atoms. The number of benzene rings is 2. The monoisotopic (exact) mass is 329 g/mol. The Hall–Kier alpha value is -1.07. The van der Waals surface area contributed by atoms with E-state index < -0.39 is 16.1 Å². The number of hydrogen-bond acceptors (Lipinski definition) is 2. The van der Waals surface area contributed by atoms with Crippen molar-refractivity contribution in [1.29, 1.82) is 0 Å². The van der Waals surface area contributed by atoms with Crippen molar-refractivity contribution in [3.8, 4) is 0 Å². The fourth-order valence-electron chi connectivity index (χ4n) is 1.82. The second-order valence-corrected chi connectivity index (χ2v) is 6.88. The van der Waals surface area contributed by atoms with Gasteiger partial charge in [-0.2, -0.15) is 0 Å². The Morgan fingerprint density at radius 2 is 1.70 bits per heavy atom. The number of rotatable bonds is 4. The van der Waals surface area contributed by atoms with Crippen LogP contribution in [0.1, 0.15) is 18.5 Å². The fourth-order valence-corrected chi connectivity index (χ4v) is 3.63. The van der Waals surface area contributed by atoms with Gasteiger partial charge in [-0.1, -0.05) is 47.5 Å². The highest BCUT2D eigenvalue weighted by Gasteiger charge is 2.19. The van der Waals surface area contributed by atoms with Crippen molar-refractivity contribution in [3.63, 3.8) is 0 Å². The van der Waals surface area contributed by atoms with Gasteiger partial charge in [-0.15, -0.1) is 0 Å². The van der Waals surface area contributed by atoms with Crippen molar-refractivity contribution in [2.24, 2.45) is 0 Å². The first-order chi connectivity index (χ1) is 9.40. The van der Waals surface area contributed by atoms with E-state index in [1.165, 1.54) is 0 Å². The lowest BCUT2D eigenvalue weighted by atomic mass is 10.1. The number of hydrogen-bond donors (Lipinski definition) is 1. The van der Waals surface area contributed by atoms with Gasteiger partial charge in [0.05, 0.1) is 4.90 Å². The summed E-state index contributed by atoms with van der Waals surface area (Å²) in [5.41, 5.74) is 0.676. The molecule has 106 valence electrons. The molecule has 2 aromatic rings. The van der Waals surface area contributed by atoms with Crippen LogP contribution in [0.3, 0.4) is 0 Å². The van der Waals surface area contributed by atoms with Crippen LogP contribution in [0.15, 0.2) is 53.4 Å². The second-order valence-electron chi connectivity index (χ2n) is 4.32. The minimum atomic E-state index is -3.58. The van der Waals surface area contributed by atoms with Gasteiger partial charge in [0.2, 0.25) is 10.0 Å². The summed E-state index contributed by atoms with van der Waals surface area (Å²) in [5.74, 6) is 0. The van der Waals surface area contributed by atoms with Crippen LogP contribution >= 0.6 is 23.2 Å². The third-order valence-electron chi connectivity index (χ3n) is 2.81. The van der Waals surface area contributed by atoms with Crippen LogP contribution in [0.25, 0.3) is 0 Å². The standard InChI is InChI=1S/C14H13Cl2NO2S/c1-10(13-8-7-11(15)9-14(13)16)17-20(18,19)12-5-3-2-4-6-12/h2-10,17H,1H3/t10-/m0/s1. The molecule has 6 heteroatoms. The Morgan fingerprint density at radius 3 is 2.30 bits per heavy atom. The van der Waals surface area contributed by atoms with Gasteiger partial charge < -0.3 is 0 Å². The number of halogens is 2. The fraction of sp³-hybridized carbons (Fsp3) is 0.143. The van der Waals surface area contributed by atoms with E-state index in [4.69, 9.17) is 23.2 Å². The van der Waals surface area contributed by atoms with E-state index in [1.54, 1.807) is 55.5 Å². The Balaban J connectivity index is 2.25. The molecule has 2 aromatic carbocycles. The predicted octanol–water partition coefficient (Wildman–Crippen LogP) is 4.03. The van der Waals surface area contributed by atoms with Crippen LogP contribution in [0, 0.1) is 0 Å². The average Bonchev–Trinajstić information content (AvgIpc) is 2.39. The third-order valence-corrected chi connectivity index (χ3v) is 4.93. The zero-order valence-electron chi connectivity index (χ0n) is 10.7. The highest BCUT2D eigenvalue weighted by atomic mass is 35.5. The highest BCUT2D eigenvalue weighted by Crippen LogP contribution is 2.27. The van der Waals surface area contributed by atoms with Crippen LogP contribution in [-0.4, -0.2) is 8.42 Å². The zero-order valence-corrected chi connectivity index (χ0v) is 13.0. The molecule has 2 rings (SSSR count). The summed E-state index contributed by atoms with van der Waals surface area (Å²) < 4.78 is 27.0. The van der Waals surface area contributed by atoms with E-state index in [0.29, 0.717) is 15.6 Å². The molecule has 0 radical (unpaired) electrons. The van der Waals surface area contributed by atoms with Crippen molar-refractivity contribution in [2.75, 3.05) is 0 Å². The molecule has 0 saturated heterocycles. The molecule has 0 saturated carbocycles. The quantitative estimate of drug-likeness (QED) is 0.920. The van der Waals surface area contributed by atoms with Crippen LogP contribution in [0.4, 0.5) is 0 Å². The lowest BCUT2D eigenvalue weighted by Crippen LogP contribution is -2.27. The van der Waals surface area contributed by atoms with E-state index in [1.807, 2.05) is 0 Å². The molecular formula is C14H13Cl2NO2S. The maximum atomic E-state index is 12.2. The van der Waals surface area contributed by atoms with Gasteiger partial charge in [0.1, 0.15) is 0 Å². The molecule has 0 heterocycles. The molecule has 1 N–H and O–H groups in total. The summed E-state index contributed by atoms with van der Waals surface area (Å²) in [7, 11) is -3.58. The molecular weight excluding hydrogens is 317 g/mol. The molecule has 0 fully saturated rings. The molecule has 1 atom stereocenters. The summed E-state index contributed by atoms with van der Waals surface area (Å²) in [6, 6.07) is 12.7. The molecule has 20 heavy (non-hydrogen) atoms. The first-order valence-electron chi connectivity index (χ1n) is 5.92. The zero-order chi connectivity index (χ0) is 14.8. The van der Waals surface area contributed by atoms with Gasteiger partial charge in [0.15, 0.2) is 0 Å². The second kappa shape index (κ2) is 6.14. The lowest BCUT2D eigenvalue weighted by Gasteiger charge is -2.16. The minimum absolute atomic E-state index is 0.219. The van der Waals surface area contributed by atoms with E-state index in [0.717, 1.165) is 0 Å². The van der Waals surface area contributed by atoms with Crippen LogP contribution < -0.4 is 4.72 Å². The van der Waals surface area contributed by atoms with Gasteiger partial charge in [0, 0.05) is 16.1 Å². The van der Waals surface area contributed by atoms with E-state index in [-0.39, 0.29) is 4.90 Å². The minimum Gasteiger partial charge on any atom is -0.207 e. The Labute approximate surface area is 128 Å². The first-order valence-corrected chi connectivity index (χ1v) is 8.16. The van der Waals surface area contributed by atoms with E-state index >= 15 is 0 Å². The third kappa shape index (κ3) is 3.52. The molecule has 0 aliphatic heterocycles. The summed E-state index contributed by atoms with van der Waals surface area (Å²) >= 11 is 11.9. The van der Waals surface area contributed by atoms with Crippen molar-refractivity contribution < 1.29 is 8.42 Å². The average molecular weight is 330 g/mol. The van der Waals surface area contributed by atoms with Gasteiger partial charge in [0.25, 0.3) is 0 Å². The normalized spacial score (nSPS) is 13.2. The van der Waals surface area contributed by atoms with Crippen LogP contribution in [0.5, 0.6) is 0 Å². The molecule has 3 nitrogen and oxygen atoms in total. The smallest absolute Gasteiger partial charge is 0.207 e. The molecule has 0 amide bonds. The number of nitrogens with one attached hydrogen (secondary N) is 1.